The van der Waals surface area contributed by atoms with Crippen LogP contribution in [0, 0.1) is 5.92 Å². The summed E-state index contributed by atoms with van der Waals surface area (Å²) in [5.74, 6) is 0.343. The zero-order valence-corrected chi connectivity index (χ0v) is 15.5. The first-order valence-electron chi connectivity index (χ1n) is 9.39. The molecule has 2 aromatic rings. The molecule has 0 unspecified atom stereocenters. The zero-order chi connectivity index (χ0) is 19.1. The van der Waals surface area contributed by atoms with Crippen molar-refractivity contribution in [3.63, 3.8) is 0 Å². The van der Waals surface area contributed by atoms with E-state index >= 15 is 0 Å². The second-order valence-corrected chi connectivity index (χ2v) is 6.88. The van der Waals surface area contributed by atoms with Crippen molar-refractivity contribution < 1.29 is 14.3 Å². The average molecular weight is 370 g/mol. The van der Waals surface area contributed by atoms with Gasteiger partial charge in [-0.3, -0.25) is 9.48 Å². The van der Waals surface area contributed by atoms with E-state index in [1.54, 1.807) is 13.1 Å². The van der Waals surface area contributed by atoms with E-state index < -0.39 is 12.1 Å². The monoisotopic (exact) mass is 370 g/mol. The molecule has 1 saturated carbocycles. The third-order valence-corrected chi connectivity index (χ3v) is 4.75. The number of alkyl carbamates (subject to hydrolysis) is 1. The topological polar surface area (TPSA) is 85.2 Å². The lowest BCUT2D eigenvalue weighted by molar-refractivity contribution is -0.124. The van der Waals surface area contributed by atoms with Gasteiger partial charge in [-0.15, -0.1) is 0 Å². The molecule has 0 saturated heterocycles. The van der Waals surface area contributed by atoms with Crippen molar-refractivity contribution in [3.8, 4) is 0 Å². The minimum atomic E-state index is -0.656. The first-order chi connectivity index (χ1) is 13.1. The lowest BCUT2D eigenvalue weighted by Gasteiger charge is -2.36. The molecule has 1 aromatic heterocycles. The molecular weight excluding hydrogens is 344 g/mol. The first kappa shape index (κ1) is 18.9. The van der Waals surface area contributed by atoms with E-state index in [0.29, 0.717) is 12.3 Å². The van der Waals surface area contributed by atoms with E-state index in [1.807, 2.05) is 47.3 Å². The van der Waals surface area contributed by atoms with Gasteiger partial charge in [0, 0.05) is 31.4 Å². The SMILES string of the molecule is CCOC(=O)N[C@H](Cc1ccccc1)C(=O)NC1CC(Cn2cccn2)C1. The fraction of sp³-hybridized carbons (Fsp3) is 0.450. The summed E-state index contributed by atoms with van der Waals surface area (Å²) in [5, 5.41) is 9.95. The lowest BCUT2D eigenvalue weighted by Crippen LogP contribution is -2.54. The van der Waals surface area contributed by atoms with E-state index in [1.165, 1.54) is 0 Å². The predicted octanol–water partition coefficient (Wildman–Crippen LogP) is 2.14. The van der Waals surface area contributed by atoms with Gasteiger partial charge in [-0.2, -0.15) is 5.10 Å². The summed E-state index contributed by atoms with van der Waals surface area (Å²) in [6.45, 7) is 2.87. The van der Waals surface area contributed by atoms with Gasteiger partial charge in [0.25, 0.3) is 0 Å². The third-order valence-electron chi connectivity index (χ3n) is 4.75. The molecular formula is C20H26N4O3. The molecule has 7 heteroatoms. The number of amides is 2. The Morgan fingerprint density at radius 2 is 2.04 bits per heavy atom. The average Bonchev–Trinajstić information content (AvgIpc) is 3.13. The van der Waals surface area contributed by atoms with E-state index in [0.717, 1.165) is 24.9 Å². The summed E-state index contributed by atoms with van der Waals surface area (Å²) in [7, 11) is 0. The Morgan fingerprint density at radius 3 is 2.70 bits per heavy atom. The Morgan fingerprint density at radius 1 is 1.26 bits per heavy atom. The lowest BCUT2D eigenvalue weighted by atomic mass is 9.80. The van der Waals surface area contributed by atoms with Crippen molar-refractivity contribution in [2.75, 3.05) is 6.61 Å². The fourth-order valence-corrected chi connectivity index (χ4v) is 3.35. The third kappa shape index (κ3) is 5.57. The number of hydrogen-bond acceptors (Lipinski definition) is 4. The second kappa shape index (κ2) is 9.21. The van der Waals surface area contributed by atoms with Crippen LogP contribution in [0.2, 0.25) is 0 Å². The molecule has 1 aromatic carbocycles. The van der Waals surface area contributed by atoms with Gasteiger partial charge >= 0.3 is 6.09 Å². The van der Waals surface area contributed by atoms with Gasteiger partial charge in [0.1, 0.15) is 6.04 Å². The van der Waals surface area contributed by atoms with Crippen molar-refractivity contribution in [1.82, 2.24) is 20.4 Å². The summed E-state index contributed by atoms with van der Waals surface area (Å²) >= 11 is 0. The van der Waals surface area contributed by atoms with E-state index in [9.17, 15) is 9.59 Å². The minimum Gasteiger partial charge on any atom is -0.450 e. The molecule has 1 heterocycles. The molecule has 1 fully saturated rings. The highest BCUT2D eigenvalue weighted by Gasteiger charge is 2.32. The number of benzene rings is 1. The second-order valence-electron chi connectivity index (χ2n) is 6.88. The Hall–Kier alpha value is -2.83. The van der Waals surface area contributed by atoms with Gasteiger partial charge < -0.3 is 15.4 Å². The maximum atomic E-state index is 12.7. The van der Waals surface area contributed by atoms with Gasteiger partial charge in [-0.05, 0) is 37.3 Å². The number of hydrogen-bond donors (Lipinski definition) is 2. The standard InChI is InChI=1S/C20H26N4O3/c1-2-27-20(26)23-18(13-15-7-4-3-5-8-15)19(25)22-17-11-16(12-17)14-24-10-6-9-21-24/h3-10,16-18H,2,11-14H2,1H3,(H,22,25)(H,23,26)/t16?,17?,18-/m1/s1. The zero-order valence-electron chi connectivity index (χ0n) is 15.5. The molecule has 144 valence electrons. The normalized spacial score (nSPS) is 19.6. The van der Waals surface area contributed by atoms with Crippen LogP contribution in [0.1, 0.15) is 25.3 Å². The molecule has 2 N–H and O–H groups in total. The number of rotatable bonds is 8. The van der Waals surface area contributed by atoms with Gasteiger partial charge in [0.05, 0.1) is 6.61 Å². The van der Waals surface area contributed by atoms with Gasteiger partial charge in [0.15, 0.2) is 0 Å². The molecule has 2 amide bonds. The van der Waals surface area contributed by atoms with Crippen LogP contribution in [0.25, 0.3) is 0 Å². The molecule has 0 bridgehead atoms. The number of nitrogens with one attached hydrogen (secondary N) is 2. The van der Waals surface area contributed by atoms with Crippen LogP contribution < -0.4 is 10.6 Å². The van der Waals surface area contributed by atoms with E-state index in [-0.39, 0.29) is 18.6 Å². The van der Waals surface area contributed by atoms with Crippen molar-refractivity contribution in [2.24, 2.45) is 5.92 Å². The highest BCUT2D eigenvalue weighted by molar-refractivity contribution is 5.86. The minimum absolute atomic E-state index is 0.139. The molecule has 0 radical (unpaired) electrons. The molecule has 1 aliphatic rings. The maximum absolute atomic E-state index is 12.7. The first-order valence-corrected chi connectivity index (χ1v) is 9.39. The fourth-order valence-electron chi connectivity index (χ4n) is 3.35. The number of carbonyl (C=O) groups is 2. The number of nitrogens with zero attached hydrogens (tertiary/aromatic N) is 2. The van der Waals surface area contributed by atoms with E-state index in [4.69, 9.17) is 4.74 Å². The Balaban J connectivity index is 1.52. The van der Waals surface area contributed by atoms with Crippen molar-refractivity contribution in [2.45, 2.75) is 44.8 Å². The van der Waals surface area contributed by atoms with Crippen molar-refractivity contribution >= 4 is 12.0 Å². The molecule has 27 heavy (non-hydrogen) atoms. The Labute approximate surface area is 159 Å². The largest absolute Gasteiger partial charge is 0.450 e. The van der Waals surface area contributed by atoms with Gasteiger partial charge in [0.2, 0.25) is 5.91 Å². The van der Waals surface area contributed by atoms with Crippen LogP contribution in [-0.2, 0) is 22.5 Å². The van der Waals surface area contributed by atoms with Crippen molar-refractivity contribution in [3.05, 3.63) is 54.4 Å². The Kier molecular flexibility index (Phi) is 6.46. The summed E-state index contributed by atoms with van der Waals surface area (Å²) in [6, 6.07) is 11.0. The van der Waals surface area contributed by atoms with Crippen LogP contribution in [0.15, 0.2) is 48.8 Å². The quantitative estimate of drug-likeness (QED) is 0.745. The number of carbonyl (C=O) groups excluding carboxylic acids is 2. The predicted molar refractivity (Wildman–Crippen MR) is 101 cm³/mol. The van der Waals surface area contributed by atoms with Crippen LogP contribution in [0.4, 0.5) is 4.79 Å². The number of aromatic nitrogens is 2. The smallest absolute Gasteiger partial charge is 0.407 e. The highest BCUT2D eigenvalue weighted by atomic mass is 16.5. The highest BCUT2D eigenvalue weighted by Crippen LogP contribution is 2.28. The summed E-state index contributed by atoms with van der Waals surface area (Å²) in [6.07, 6.45) is 5.41. The summed E-state index contributed by atoms with van der Waals surface area (Å²) < 4.78 is 6.86. The Bertz CT molecular complexity index is 727. The van der Waals surface area contributed by atoms with Gasteiger partial charge in [-0.1, -0.05) is 30.3 Å². The molecule has 0 spiro atoms. The molecule has 7 nitrogen and oxygen atoms in total. The molecule has 0 aliphatic heterocycles. The summed E-state index contributed by atoms with van der Waals surface area (Å²) in [5.41, 5.74) is 0.986. The van der Waals surface area contributed by atoms with Gasteiger partial charge in [-0.25, -0.2) is 4.79 Å². The molecule has 1 atom stereocenters. The van der Waals surface area contributed by atoms with Crippen molar-refractivity contribution in [1.29, 1.82) is 0 Å². The van der Waals surface area contributed by atoms with Crippen LogP contribution >= 0.6 is 0 Å². The van der Waals surface area contributed by atoms with Crippen LogP contribution in [-0.4, -0.2) is 40.5 Å². The summed E-state index contributed by atoms with van der Waals surface area (Å²) in [4.78, 5) is 24.5. The van der Waals surface area contributed by atoms with Crippen LogP contribution in [0.5, 0.6) is 0 Å². The van der Waals surface area contributed by atoms with Crippen LogP contribution in [0.3, 0.4) is 0 Å². The molecule has 1 aliphatic carbocycles. The molecule has 3 rings (SSSR count). The number of ether oxygens (including phenoxy) is 1. The van der Waals surface area contributed by atoms with E-state index in [2.05, 4.69) is 15.7 Å². The maximum Gasteiger partial charge on any atom is 0.407 e.